The summed E-state index contributed by atoms with van der Waals surface area (Å²) in [6.07, 6.45) is -2.80. The lowest BCUT2D eigenvalue weighted by molar-refractivity contribution is -0.239. The molecule has 0 aromatic carbocycles. The predicted molar refractivity (Wildman–Crippen MR) is 124 cm³/mol. The Morgan fingerprint density at radius 2 is 1.70 bits per heavy atom. The molecule has 10 heteroatoms. The van der Waals surface area contributed by atoms with E-state index in [1.807, 2.05) is 54.5 Å². The summed E-state index contributed by atoms with van der Waals surface area (Å²) in [5.74, 6) is -2.23. The average Bonchev–Trinajstić information content (AvgIpc) is 3.17. The van der Waals surface area contributed by atoms with Crippen LogP contribution in [0.2, 0.25) is 0 Å². The highest BCUT2D eigenvalue weighted by atomic mass is 19.4. The third-order valence-electron chi connectivity index (χ3n) is 5.87. The van der Waals surface area contributed by atoms with E-state index in [0.29, 0.717) is 23.9 Å². The molecule has 0 aliphatic heterocycles. The Kier molecular flexibility index (Phi) is 8.46. The molecule has 33 heavy (non-hydrogen) atoms. The van der Waals surface area contributed by atoms with Crippen molar-refractivity contribution in [2.45, 2.75) is 98.1 Å². The first-order valence-electron chi connectivity index (χ1n) is 11.6. The van der Waals surface area contributed by atoms with Crippen LogP contribution in [-0.2, 0) is 4.79 Å². The number of nitrogens with one attached hydrogen (secondary N) is 3. The molecule has 4 N–H and O–H groups in total. The summed E-state index contributed by atoms with van der Waals surface area (Å²) < 4.78 is 41.6. The summed E-state index contributed by atoms with van der Waals surface area (Å²) in [6.45, 7) is 13.6. The van der Waals surface area contributed by atoms with E-state index in [9.17, 15) is 23.1 Å². The minimum atomic E-state index is -4.79. The quantitative estimate of drug-likeness (QED) is 0.254. The third-order valence-corrected chi connectivity index (χ3v) is 5.87. The molecule has 2 aliphatic carbocycles. The van der Waals surface area contributed by atoms with Crippen LogP contribution in [0.25, 0.3) is 0 Å². The first-order chi connectivity index (χ1) is 15.2. The van der Waals surface area contributed by atoms with Crippen molar-refractivity contribution in [2.75, 3.05) is 0 Å². The summed E-state index contributed by atoms with van der Waals surface area (Å²) in [4.78, 5) is 20.9. The van der Waals surface area contributed by atoms with Crippen molar-refractivity contribution in [1.29, 1.82) is 0 Å². The first kappa shape index (κ1) is 27.0. The van der Waals surface area contributed by atoms with Crippen LogP contribution in [0.4, 0.5) is 13.2 Å². The number of allylic oxidation sites excluding steroid dienone is 1. The van der Waals surface area contributed by atoms with Crippen molar-refractivity contribution in [1.82, 2.24) is 16.0 Å². The fraction of sp³-hybridized carbons (Fsp3) is 0.783. The van der Waals surface area contributed by atoms with E-state index in [1.54, 1.807) is 0 Å². The van der Waals surface area contributed by atoms with Gasteiger partial charge < -0.3 is 21.1 Å². The summed E-state index contributed by atoms with van der Waals surface area (Å²) >= 11 is 0. The largest absolute Gasteiger partial charge is 0.481 e. The van der Waals surface area contributed by atoms with Crippen LogP contribution in [-0.4, -0.2) is 53.3 Å². The molecule has 2 bridgehead atoms. The molecule has 2 aliphatic rings. The fourth-order valence-electron chi connectivity index (χ4n) is 4.76. The number of rotatable bonds is 7. The lowest BCUT2D eigenvalue weighted by Crippen LogP contribution is -2.49. The Bertz CT molecular complexity index is 792. The molecule has 4 unspecified atom stereocenters. The minimum Gasteiger partial charge on any atom is -0.481 e. The zero-order chi connectivity index (χ0) is 25.1. The highest BCUT2D eigenvalue weighted by Crippen LogP contribution is 2.62. The van der Waals surface area contributed by atoms with E-state index in [4.69, 9.17) is 0 Å². The Hall–Kier alpha value is -2.26. The monoisotopic (exact) mass is 473 g/mol. The van der Waals surface area contributed by atoms with Crippen molar-refractivity contribution in [3.63, 3.8) is 0 Å². The number of nitrogens with zero attached hydrogens (tertiary/aromatic N) is 2. The predicted octanol–water partition coefficient (Wildman–Crippen LogP) is 4.07. The summed E-state index contributed by atoms with van der Waals surface area (Å²) in [6, 6.07) is -0.0535. The smallest absolute Gasteiger partial charge is 0.405 e. The Labute approximate surface area is 194 Å². The zero-order valence-electron chi connectivity index (χ0n) is 20.5. The summed E-state index contributed by atoms with van der Waals surface area (Å²) in [5.41, 5.74) is -2.14. The summed E-state index contributed by atoms with van der Waals surface area (Å²) in [5, 5.41) is 19.2. The molecular weight excluding hydrogens is 435 g/mol. The second-order valence-corrected chi connectivity index (χ2v) is 10.1. The standard InChI is InChI=1S/C23H38F3N5O2/c1-12(2)27-20(28-13(3)4)31-21(29-14(5)6)30-15(7)8-17-9-16-10-18(17)22(11-16,19(32)33)23(24,25)26/h9,12-16,18H,8,10-11H2,1-7H3,(H,32,33)(H3,27,28,29,30,31). The van der Waals surface area contributed by atoms with Crippen molar-refractivity contribution in [3.05, 3.63) is 11.6 Å². The van der Waals surface area contributed by atoms with Gasteiger partial charge in [0.1, 0.15) is 0 Å². The zero-order valence-corrected chi connectivity index (χ0v) is 20.5. The maximum atomic E-state index is 13.9. The molecule has 0 radical (unpaired) electrons. The lowest BCUT2D eigenvalue weighted by atomic mass is 9.70. The molecular formula is C23H38F3N5O2. The van der Waals surface area contributed by atoms with Gasteiger partial charge in [0.25, 0.3) is 0 Å². The van der Waals surface area contributed by atoms with Gasteiger partial charge in [-0.05, 0) is 73.6 Å². The van der Waals surface area contributed by atoms with Gasteiger partial charge in [-0.2, -0.15) is 18.2 Å². The molecule has 4 atom stereocenters. The molecule has 0 saturated heterocycles. The van der Waals surface area contributed by atoms with Crippen molar-refractivity contribution < 1.29 is 23.1 Å². The number of halogens is 3. The lowest BCUT2D eigenvalue weighted by Gasteiger charge is -2.36. The molecule has 0 spiro atoms. The van der Waals surface area contributed by atoms with Crippen LogP contribution in [0.5, 0.6) is 0 Å². The number of aliphatic carboxylic acids is 1. The van der Waals surface area contributed by atoms with Gasteiger partial charge in [0, 0.05) is 30.1 Å². The van der Waals surface area contributed by atoms with Gasteiger partial charge in [-0.1, -0.05) is 11.6 Å². The number of alkyl halides is 3. The van der Waals surface area contributed by atoms with Crippen molar-refractivity contribution in [2.24, 2.45) is 27.2 Å². The van der Waals surface area contributed by atoms with Crippen LogP contribution in [0.15, 0.2) is 21.6 Å². The Balaban J connectivity index is 2.21. The van der Waals surface area contributed by atoms with Crippen LogP contribution in [0.3, 0.4) is 0 Å². The number of fused-ring (bicyclic) bond motifs is 2. The summed E-state index contributed by atoms with van der Waals surface area (Å²) in [7, 11) is 0. The molecule has 0 aromatic rings. The van der Waals surface area contributed by atoms with Gasteiger partial charge >= 0.3 is 12.1 Å². The maximum Gasteiger partial charge on any atom is 0.405 e. The van der Waals surface area contributed by atoms with Gasteiger partial charge in [-0.15, -0.1) is 0 Å². The van der Waals surface area contributed by atoms with Gasteiger partial charge in [0.15, 0.2) is 11.4 Å². The number of carbonyl (C=O) groups is 1. The highest BCUT2D eigenvalue weighted by molar-refractivity contribution is 5.95. The van der Waals surface area contributed by atoms with Crippen LogP contribution >= 0.6 is 0 Å². The van der Waals surface area contributed by atoms with Gasteiger partial charge in [0.2, 0.25) is 5.96 Å². The van der Waals surface area contributed by atoms with Crippen LogP contribution < -0.4 is 16.0 Å². The normalized spacial score (nSPS) is 26.0. The molecule has 1 fully saturated rings. The molecule has 1 saturated carbocycles. The first-order valence-corrected chi connectivity index (χ1v) is 11.6. The minimum absolute atomic E-state index is 0.0469. The molecule has 2 rings (SSSR count). The SMILES string of the molecule is CC(C)/N=C(\N=C(NC(C)C)NC(C)C)NC(C)CC1=CC2CC1C(C(=O)O)(C(F)(F)F)C2. The highest BCUT2D eigenvalue weighted by Gasteiger charge is 2.70. The van der Waals surface area contributed by atoms with Crippen LogP contribution in [0.1, 0.15) is 67.7 Å². The van der Waals surface area contributed by atoms with Gasteiger partial charge in [-0.25, -0.2) is 4.99 Å². The molecule has 188 valence electrons. The van der Waals surface area contributed by atoms with E-state index < -0.39 is 23.5 Å². The number of guanidine groups is 2. The van der Waals surface area contributed by atoms with E-state index in [1.165, 1.54) is 0 Å². The van der Waals surface area contributed by atoms with Crippen molar-refractivity contribution >= 4 is 17.9 Å². The third kappa shape index (κ3) is 6.41. The average molecular weight is 474 g/mol. The number of carboxylic acids is 1. The number of hydrogen-bond donors (Lipinski definition) is 4. The van der Waals surface area contributed by atoms with Gasteiger partial charge in [-0.3, -0.25) is 4.79 Å². The molecule has 0 amide bonds. The maximum absolute atomic E-state index is 13.9. The molecule has 0 aromatic heterocycles. The van der Waals surface area contributed by atoms with E-state index in [2.05, 4.69) is 25.9 Å². The topological polar surface area (TPSA) is 98.1 Å². The Morgan fingerprint density at radius 3 is 2.12 bits per heavy atom. The van der Waals surface area contributed by atoms with E-state index in [-0.39, 0.29) is 42.9 Å². The fourth-order valence-corrected chi connectivity index (χ4v) is 4.76. The number of carboxylic acid groups (broad SMARTS) is 1. The van der Waals surface area contributed by atoms with E-state index >= 15 is 0 Å². The molecule has 0 heterocycles. The second kappa shape index (κ2) is 10.3. The number of hydrogen-bond acceptors (Lipinski definition) is 2. The van der Waals surface area contributed by atoms with Crippen molar-refractivity contribution in [3.8, 4) is 0 Å². The van der Waals surface area contributed by atoms with Gasteiger partial charge in [0.05, 0.1) is 0 Å². The van der Waals surface area contributed by atoms with Crippen LogP contribution in [0, 0.1) is 17.3 Å². The van der Waals surface area contributed by atoms with E-state index in [0.717, 1.165) is 0 Å². The Morgan fingerprint density at radius 1 is 1.12 bits per heavy atom. The number of aliphatic imine (C=N–C) groups is 2. The second-order valence-electron chi connectivity index (χ2n) is 10.1. The molecule has 7 nitrogen and oxygen atoms in total.